The van der Waals surface area contributed by atoms with Gasteiger partial charge >= 0.3 is 0 Å². The molecule has 0 radical (unpaired) electrons. The minimum Gasteiger partial charge on any atom is -0.370 e. The molecule has 2 N–H and O–H groups in total. The molecule has 1 amide bonds. The molecule has 142 valence electrons. The number of fused-ring (bicyclic) bond motifs is 2. The topological polar surface area (TPSA) is 89.7 Å². The van der Waals surface area contributed by atoms with Gasteiger partial charge in [0, 0.05) is 18.7 Å². The third kappa shape index (κ3) is 3.16. The second-order valence-corrected chi connectivity index (χ2v) is 8.98. The SMILES string of the molecule is NC(=O)c1ccc(S(=O)(=O)N2CCC3(CC2)OCCc2ccccc23)cc1. The van der Waals surface area contributed by atoms with Crippen molar-refractivity contribution in [3.05, 3.63) is 65.2 Å². The van der Waals surface area contributed by atoms with E-state index in [9.17, 15) is 13.2 Å². The van der Waals surface area contributed by atoms with E-state index in [0.717, 1.165) is 6.42 Å². The van der Waals surface area contributed by atoms with Crippen LogP contribution in [0.1, 0.15) is 34.3 Å². The van der Waals surface area contributed by atoms with Crippen LogP contribution in [0.2, 0.25) is 0 Å². The molecule has 0 aliphatic carbocycles. The van der Waals surface area contributed by atoms with Crippen LogP contribution in [-0.4, -0.2) is 38.3 Å². The van der Waals surface area contributed by atoms with Crippen LogP contribution in [0, 0.1) is 0 Å². The van der Waals surface area contributed by atoms with E-state index in [2.05, 4.69) is 12.1 Å². The predicted octanol–water partition coefficient (Wildman–Crippen LogP) is 2.04. The number of amides is 1. The Labute approximate surface area is 159 Å². The van der Waals surface area contributed by atoms with Crippen molar-refractivity contribution in [2.45, 2.75) is 29.8 Å². The van der Waals surface area contributed by atoms with Crippen LogP contribution in [0.25, 0.3) is 0 Å². The molecule has 1 saturated heterocycles. The summed E-state index contributed by atoms with van der Waals surface area (Å²) in [6.07, 6.45) is 2.15. The van der Waals surface area contributed by atoms with Crippen LogP contribution in [0.3, 0.4) is 0 Å². The van der Waals surface area contributed by atoms with E-state index in [1.807, 2.05) is 12.1 Å². The third-order valence-corrected chi connectivity index (χ3v) is 7.48. The van der Waals surface area contributed by atoms with Crippen molar-refractivity contribution < 1.29 is 17.9 Å². The van der Waals surface area contributed by atoms with Gasteiger partial charge in [-0.3, -0.25) is 4.79 Å². The highest BCUT2D eigenvalue weighted by atomic mass is 32.2. The molecule has 1 spiro atoms. The number of hydrogen-bond donors (Lipinski definition) is 1. The lowest BCUT2D eigenvalue weighted by Gasteiger charge is -2.44. The van der Waals surface area contributed by atoms with Crippen LogP contribution in [0.15, 0.2) is 53.4 Å². The molecule has 1 fully saturated rings. The monoisotopic (exact) mass is 386 g/mol. The van der Waals surface area contributed by atoms with Crippen molar-refractivity contribution in [3.63, 3.8) is 0 Å². The molecule has 2 aliphatic heterocycles. The molecule has 0 atom stereocenters. The van der Waals surface area contributed by atoms with Gasteiger partial charge in [0.25, 0.3) is 0 Å². The molecule has 2 aromatic rings. The van der Waals surface area contributed by atoms with E-state index < -0.39 is 21.5 Å². The Hall–Kier alpha value is -2.22. The maximum Gasteiger partial charge on any atom is 0.248 e. The molecular formula is C20H22N2O4S. The summed E-state index contributed by atoms with van der Waals surface area (Å²) in [5.41, 5.74) is 7.61. The molecular weight excluding hydrogens is 364 g/mol. The number of sulfonamides is 1. The van der Waals surface area contributed by atoms with E-state index in [4.69, 9.17) is 10.5 Å². The van der Waals surface area contributed by atoms with Crippen molar-refractivity contribution in [1.29, 1.82) is 0 Å². The van der Waals surface area contributed by atoms with Gasteiger partial charge in [-0.2, -0.15) is 4.31 Å². The fourth-order valence-corrected chi connectivity index (χ4v) is 5.50. The minimum atomic E-state index is -3.61. The molecule has 0 bridgehead atoms. The zero-order chi connectivity index (χ0) is 19.1. The molecule has 4 rings (SSSR count). The number of carbonyl (C=O) groups excluding carboxylic acids is 1. The Morgan fingerprint density at radius 1 is 1.04 bits per heavy atom. The fraction of sp³-hybridized carbons (Fsp3) is 0.350. The lowest BCUT2D eigenvalue weighted by Crippen LogP contribution is -2.48. The van der Waals surface area contributed by atoms with Crippen molar-refractivity contribution in [2.24, 2.45) is 5.73 Å². The van der Waals surface area contributed by atoms with Crippen LogP contribution < -0.4 is 5.73 Å². The van der Waals surface area contributed by atoms with Gasteiger partial charge in [-0.1, -0.05) is 24.3 Å². The number of primary amides is 1. The Bertz CT molecular complexity index is 962. The number of nitrogens with two attached hydrogens (primary N) is 1. The Morgan fingerprint density at radius 2 is 1.70 bits per heavy atom. The fourth-order valence-electron chi connectivity index (χ4n) is 4.06. The summed E-state index contributed by atoms with van der Waals surface area (Å²) in [7, 11) is -3.61. The molecule has 2 aromatic carbocycles. The molecule has 2 heterocycles. The number of piperidine rings is 1. The van der Waals surface area contributed by atoms with Crippen LogP contribution in [0.5, 0.6) is 0 Å². The van der Waals surface area contributed by atoms with Gasteiger partial charge < -0.3 is 10.5 Å². The Morgan fingerprint density at radius 3 is 2.37 bits per heavy atom. The quantitative estimate of drug-likeness (QED) is 0.874. The summed E-state index contributed by atoms with van der Waals surface area (Å²) in [6, 6.07) is 14.0. The first-order valence-corrected chi connectivity index (χ1v) is 10.5. The van der Waals surface area contributed by atoms with Crippen LogP contribution in [-0.2, 0) is 26.8 Å². The Balaban J connectivity index is 1.55. The number of benzene rings is 2. The van der Waals surface area contributed by atoms with Gasteiger partial charge in [0.1, 0.15) is 0 Å². The first kappa shape index (κ1) is 18.2. The molecule has 0 aromatic heterocycles. The number of rotatable bonds is 3. The zero-order valence-corrected chi connectivity index (χ0v) is 15.7. The highest BCUT2D eigenvalue weighted by Gasteiger charge is 2.43. The normalized spacial score (nSPS) is 19.6. The van der Waals surface area contributed by atoms with Gasteiger partial charge in [0.15, 0.2) is 0 Å². The minimum absolute atomic E-state index is 0.174. The summed E-state index contributed by atoms with van der Waals surface area (Å²) >= 11 is 0. The maximum atomic E-state index is 13.0. The van der Waals surface area contributed by atoms with E-state index >= 15 is 0 Å². The first-order chi connectivity index (χ1) is 12.9. The van der Waals surface area contributed by atoms with Gasteiger partial charge in [0.05, 0.1) is 17.1 Å². The highest BCUT2D eigenvalue weighted by molar-refractivity contribution is 7.89. The summed E-state index contributed by atoms with van der Waals surface area (Å²) in [6.45, 7) is 1.46. The summed E-state index contributed by atoms with van der Waals surface area (Å²) in [5.74, 6) is -0.577. The summed E-state index contributed by atoms with van der Waals surface area (Å²) in [4.78, 5) is 11.4. The number of nitrogens with zero attached hydrogens (tertiary/aromatic N) is 1. The van der Waals surface area contributed by atoms with Crippen molar-refractivity contribution in [1.82, 2.24) is 4.31 Å². The van der Waals surface area contributed by atoms with Gasteiger partial charge in [-0.25, -0.2) is 8.42 Å². The van der Waals surface area contributed by atoms with Gasteiger partial charge in [-0.05, 0) is 54.7 Å². The third-order valence-electron chi connectivity index (χ3n) is 5.56. The van der Waals surface area contributed by atoms with Crippen molar-refractivity contribution in [2.75, 3.05) is 19.7 Å². The molecule has 7 heteroatoms. The van der Waals surface area contributed by atoms with Gasteiger partial charge in [-0.15, -0.1) is 0 Å². The number of hydrogen-bond acceptors (Lipinski definition) is 4. The standard InChI is InChI=1S/C20H22N2O4S/c21-19(23)16-5-7-17(8-6-16)27(24,25)22-12-10-20(11-13-22)18-4-2-1-3-15(18)9-14-26-20/h1-8H,9-14H2,(H2,21,23). The zero-order valence-electron chi connectivity index (χ0n) is 14.9. The largest absolute Gasteiger partial charge is 0.370 e. The summed E-state index contributed by atoms with van der Waals surface area (Å²) in [5, 5.41) is 0. The van der Waals surface area contributed by atoms with E-state index in [1.54, 1.807) is 0 Å². The second-order valence-electron chi connectivity index (χ2n) is 7.04. The lowest BCUT2D eigenvalue weighted by molar-refractivity contribution is -0.0891. The van der Waals surface area contributed by atoms with E-state index in [0.29, 0.717) is 38.1 Å². The molecule has 27 heavy (non-hydrogen) atoms. The number of ether oxygens (including phenoxy) is 1. The van der Waals surface area contributed by atoms with Crippen molar-refractivity contribution in [3.8, 4) is 0 Å². The van der Waals surface area contributed by atoms with E-state index in [1.165, 1.54) is 39.7 Å². The average molecular weight is 386 g/mol. The average Bonchev–Trinajstić information content (AvgIpc) is 2.69. The molecule has 0 unspecified atom stereocenters. The van der Waals surface area contributed by atoms with Gasteiger partial charge in [0.2, 0.25) is 15.9 Å². The smallest absolute Gasteiger partial charge is 0.248 e. The molecule has 2 aliphatic rings. The predicted molar refractivity (Wildman–Crippen MR) is 101 cm³/mol. The summed E-state index contributed by atoms with van der Waals surface area (Å²) < 4.78 is 33.6. The maximum absolute atomic E-state index is 13.0. The van der Waals surface area contributed by atoms with Crippen LogP contribution in [0.4, 0.5) is 0 Å². The number of carbonyl (C=O) groups is 1. The highest BCUT2D eigenvalue weighted by Crippen LogP contribution is 2.42. The van der Waals surface area contributed by atoms with Crippen molar-refractivity contribution >= 4 is 15.9 Å². The molecule has 6 nitrogen and oxygen atoms in total. The first-order valence-electron chi connectivity index (χ1n) is 9.05. The van der Waals surface area contributed by atoms with Crippen LogP contribution >= 0.6 is 0 Å². The Kier molecular flexibility index (Phi) is 4.53. The second kappa shape index (κ2) is 6.74. The van der Waals surface area contributed by atoms with E-state index in [-0.39, 0.29) is 4.90 Å². The molecule has 0 saturated carbocycles. The lowest BCUT2D eigenvalue weighted by atomic mass is 9.80.